The van der Waals surface area contributed by atoms with Gasteiger partial charge in [0.2, 0.25) is 5.91 Å². The number of phosphoric ester groups is 1. The van der Waals surface area contributed by atoms with Gasteiger partial charge < -0.3 is 20.1 Å². The molecule has 354 valence electrons. The third-order valence-corrected chi connectivity index (χ3v) is 12.1. The van der Waals surface area contributed by atoms with Crippen LogP contribution in [0.3, 0.4) is 0 Å². The first-order chi connectivity index (χ1) is 29.3. The number of ether oxygens (including phenoxy) is 1. The maximum atomic E-state index is 12.1. The van der Waals surface area contributed by atoms with Gasteiger partial charge in [-0.25, -0.2) is 4.57 Å². The highest BCUT2D eigenvalue weighted by molar-refractivity contribution is 7.47. The van der Waals surface area contributed by atoms with Crippen molar-refractivity contribution in [2.45, 2.75) is 258 Å². The molecule has 0 rings (SSSR count). The average Bonchev–Trinajstić information content (AvgIpc) is 3.23. The van der Waals surface area contributed by atoms with Gasteiger partial charge in [0.1, 0.15) is 12.7 Å². The van der Waals surface area contributed by atoms with Crippen molar-refractivity contribution in [3.63, 3.8) is 0 Å². The highest BCUT2D eigenvalue weighted by atomic mass is 31.2. The molecule has 0 bridgehead atoms. The van der Waals surface area contributed by atoms with Gasteiger partial charge in [-0.3, -0.25) is 18.6 Å². The number of allylic oxidation sites excluding steroid dienone is 4. The van der Waals surface area contributed by atoms with Crippen molar-refractivity contribution in [1.29, 1.82) is 0 Å². The molecule has 0 heterocycles. The van der Waals surface area contributed by atoms with Gasteiger partial charge in [-0.05, 0) is 44.9 Å². The number of unbranched alkanes of at least 4 members (excludes halogenated alkanes) is 31. The zero-order chi connectivity index (χ0) is 43.9. The van der Waals surface area contributed by atoms with Gasteiger partial charge in [0.05, 0.1) is 13.2 Å². The van der Waals surface area contributed by atoms with E-state index >= 15 is 0 Å². The minimum Gasteiger partial charge on any atom is -0.463 e. The molecule has 0 radical (unpaired) electrons. The van der Waals surface area contributed by atoms with E-state index in [1.165, 1.54) is 180 Å². The molecule has 0 aromatic rings. The second-order valence-corrected chi connectivity index (χ2v) is 18.6. The van der Waals surface area contributed by atoms with E-state index < -0.39 is 26.5 Å². The van der Waals surface area contributed by atoms with Crippen molar-refractivity contribution in [1.82, 2.24) is 5.32 Å². The van der Waals surface area contributed by atoms with E-state index in [4.69, 9.17) is 13.8 Å². The second-order valence-electron chi connectivity index (χ2n) is 17.1. The number of rotatable bonds is 48. The minimum absolute atomic E-state index is 0.0843. The molecular weight excluding hydrogens is 774 g/mol. The number of carbonyl (C=O) groups excluding carboxylic acids is 2. The number of phosphoric acid groups is 1. The molecule has 2 unspecified atom stereocenters. The van der Waals surface area contributed by atoms with E-state index in [-0.39, 0.29) is 32.1 Å². The molecule has 0 saturated carbocycles. The van der Waals surface area contributed by atoms with Crippen LogP contribution >= 0.6 is 7.82 Å². The smallest absolute Gasteiger partial charge is 0.463 e. The summed E-state index contributed by atoms with van der Waals surface area (Å²) in [6.45, 7) is 3.57. The number of hydrogen-bond donors (Lipinski definition) is 3. The third kappa shape index (κ3) is 47.5. The SMILES string of the molecule is CCCCC/C=C\C/C=C\CCCCCCCCCCCCCCCC(=O)NCCOP(=O)(O)OCC(O)COC(=O)CCCCCCCCCCCCCCCCCC. The molecule has 2 atom stereocenters. The summed E-state index contributed by atoms with van der Waals surface area (Å²) in [5.74, 6) is -0.506. The van der Waals surface area contributed by atoms with E-state index in [1.54, 1.807) is 0 Å². The number of aliphatic hydroxyl groups is 1. The summed E-state index contributed by atoms with van der Waals surface area (Å²) in [7, 11) is -4.42. The standard InChI is InChI=1S/C50H96NO8P/c1-3-5-7-9-11-13-15-17-19-21-22-23-24-25-26-27-28-30-32-34-36-38-40-42-49(53)51-44-45-58-60(55,56)59-47-48(52)46-57-50(54)43-41-39-37-35-33-31-29-20-18-16-14-12-10-8-6-4-2/h11,13,17,19,48,52H,3-10,12,14-16,18,20-47H2,1-2H3,(H,51,53)(H,55,56)/b13-11-,19-17-. The Morgan fingerprint density at radius 1 is 0.517 bits per heavy atom. The van der Waals surface area contributed by atoms with Gasteiger partial charge in [0, 0.05) is 19.4 Å². The molecule has 0 aromatic heterocycles. The van der Waals surface area contributed by atoms with Gasteiger partial charge in [-0.2, -0.15) is 0 Å². The monoisotopic (exact) mass is 870 g/mol. The fourth-order valence-corrected chi connectivity index (χ4v) is 8.05. The Hall–Kier alpha value is -1.51. The third-order valence-electron chi connectivity index (χ3n) is 11.1. The van der Waals surface area contributed by atoms with Crippen LogP contribution in [-0.4, -0.2) is 54.3 Å². The summed E-state index contributed by atoms with van der Waals surface area (Å²) in [6, 6.07) is 0. The van der Waals surface area contributed by atoms with Crippen LogP contribution in [0.15, 0.2) is 24.3 Å². The van der Waals surface area contributed by atoms with Crippen LogP contribution in [0.1, 0.15) is 251 Å². The highest BCUT2D eigenvalue weighted by Gasteiger charge is 2.23. The summed E-state index contributed by atoms with van der Waals surface area (Å²) in [4.78, 5) is 34.0. The van der Waals surface area contributed by atoms with Gasteiger partial charge in [-0.1, -0.05) is 218 Å². The quantitative estimate of drug-likeness (QED) is 0.0238. The predicted molar refractivity (Wildman–Crippen MR) is 252 cm³/mol. The van der Waals surface area contributed by atoms with E-state index in [1.807, 2.05) is 0 Å². The van der Waals surface area contributed by atoms with E-state index in [0.29, 0.717) is 6.42 Å². The Kier molecular flexibility index (Phi) is 45.8. The fraction of sp³-hybridized carbons (Fsp3) is 0.880. The molecule has 0 spiro atoms. The molecule has 3 N–H and O–H groups in total. The largest absolute Gasteiger partial charge is 0.472 e. The van der Waals surface area contributed by atoms with Crippen LogP contribution in [0.25, 0.3) is 0 Å². The summed E-state index contributed by atoms with van der Waals surface area (Å²) in [6.07, 6.45) is 52.6. The number of aliphatic hydroxyl groups excluding tert-OH is 1. The Bertz CT molecular complexity index is 1040. The second kappa shape index (κ2) is 47.0. The number of carbonyl (C=O) groups is 2. The lowest BCUT2D eigenvalue weighted by Crippen LogP contribution is -2.27. The lowest BCUT2D eigenvalue weighted by Gasteiger charge is -2.15. The van der Waals surface area contributed by atoms with Crippen LogP contribution in [0.2, 0.25) is 0 Å². The van der Waals surface area contributed by atoms with Gasteiger partial charge in [-0.15, -0.1) is 0 Å². The van der Waals surface area contributed by atoms with Crippen molar-refractivity contribution in [3.05, 3.63) is 24.3 Å². The first kappa shape index (κ1) is 58.5. The lowest BCUT2D eigenvalue weighted by molar-refractivity contribution is -0.147. The van der Waals surface area contributed by atoms with Crippen LogP contribution in [0, 0.1) is 0 Å². The molecule has 0 aliphatic carbocycles. The number of esters is 1. The molecule has 0 aromatic carbocycles. The number of amides is 1. The van der Waals surface area contributed by atoms with E-state index in [9.17, 15) is 24.2 Å². The molecular formula is C50H96NO8P. The molecule has 9 nitrogen and oxygen atoms in total. The highest BCUT2D eigenvalue weighted by Crippen LogP contribution is 2.42. The average molecular weight is 870 g/mol. The first-order valence-corrected chi connectivity index (χ1v) is 26.8. The molecule has 0 aliphatic rings. The maximum absolute atomic E-state index is 12.1. The van der Waals surface area contributed by atoms with Crippen LogP contribution in [-0.2, 0) is 27.9 Å². The molecule has 0 aliphatic heterocycles. The first-order valence-electron chi connectivity index (χ1n) is 25.3. The zero-order valence-electron chi connectivity index (χ0n) is 39.2. The molecule has 0 saturated heterocycles. The summed E-state index contributed by atoms with van der Waals surface area (Å²) in [5.41, 5.74) is 0. The molecule has 1 amide bonds. The van der Waals surface area contributed by atoms with Gasteiger partial charge in [0.15, 0.2) is 0 Å². The number of nitrogens with one attached hydrogen (secondary N) is 1. The molecule has 10 heteroatoms. The van der Waals surface area contributed by atoms with Crippen molar-refractivity contribution < 1.29 is 37.9 Å². The molecule has 0 fully saturated rings. The summed E-state index contributed by atoms with van der Waals surface area (Å²) in [5, 5.41) is 12.7. The zero-order valence-corrected chi connectivity index (χ0v) is 40.1. The minimum atomic E-state index is -4.42. The lowest BCUT2D eigenvalue weighted by atomic mass is 10.0. The Morgan fingerprint density at radius 3 is 1.37 bits per heavy atom. The van der Waals surface area contributed by atoms with Crippen LogP contribution in [0.5, 0.6) is 0 Å². The van der Waals surface area contributed by atoms with Crippen molar-refractivity contribution in [3.8, 4) is 0 Å². The van der Waals surface area contributed by atoms with E-state index in [2.05, 4.69) is 43.5 Å². The van der Waals surface area contributed by atoms with E-state index in [0.717, 1.165) is 44.9 Å². The Balaban J connectivity index is 3.52. The summed E-state index contributed by atoms with van der Waals surface area (Å²) >= 11 is 0. The Labute approximate surface area is 370 Å². The topological polar surface area (TPSA) is 131 Å². The maximum Gasteiger partial charge on any atom is 0.472 e. The predicted octanol–water partition coefficient (Wildman–Crippen LogP) is 14.7. The van der Waals surface area contributed by atoms with Gasteiger partial charge in [0.25, 0.3) is 0 Å². The normalized spacial score (nSPS) is 13.3. The van der Waals surface area contributed by atoms with Crippen LogP contribution in [0.4, 0.5) is 0 Å². The molecule has 60 heavy (non-hydrogen) atoms. The van der Waals surface area contributed by atoms with Crippen molar-refractivity contribution >= 4 is 19.7 Å². The van der Waals surface area contributed by atoms with Crippen molar-refractivity contribution in [2.24, 2.45) is 0 Å². The Morgan fingerprint density at radius 2 is 0.900 bits per heavy atom. The number of hydrogen-bond acceptors (Lipinski definition) is 7. The summed E-state index contributed by atoms with van der Waals surface area (Å²) < 4.78 is 27.0. The van der Waals surface area contributed by atoms with Crippen molar-refractivity contribution in [2.75, 3.05) is 26.4 Å². The van der Waals surface area contributed by atoms with Crippen LogP contribution < -0.4 is 5.32 Å². The fourth-order valence-electron chi connectivity index (χ4n) is 7.30. The van der Waals surface area contributed by atoms with Gasteiger partial charge >= 0.3 is 13.8 Å².